The normalized spacial score (nSPS) is 14.7. The van der Waals surface area contributed by atoms with E-state index >= 15 is 0 Å². The second kappa shape index (κ2) is 10.8. The number of hydrogen-bond donors (Lipinski definition) is 1. The molecule has 0 fully saturated rings. The van der Waals surface area contributed by atoms with Crippen molar-refractivity contribution in [1.29, 1.82) is 0 Å². The maximum Gasteiger partial charge on any atom is 0.414 e. The van der Waals surface area contributed by atoms with Gasteiger partial charge in [0.2, 0.25) is 5.13 Å². The summed E-state index contributed by atoms with van der Waals surface area (Å²) < 4.78 is 38.6. The van der Waals surface area contributed by atoms with Crippen LogP contribution in [-0.2, 0) is 4.74 Å². The fourth-order valence-corrected chi connectivity index (χ4v) is 5.13. The molecule has 1 atom stereocenters. The summed E-state index contributed by atoms with van der Waals surface area (Å²) in [5, 5.41) is 11.1. The summed E-state index contributed by atoms with van der Waals surface area (Å²) in [7, 11) is 1.67. The molecule has 1 N–H and O–H groups in total. The number of imidazole rings is 1. The number of rotatable bonds is 4. The number of nitrogens with zero attached hydrogens (tertiary/aromatic N) is 5. The topological polar surface area (TPSA) is 111 Å². The fraction of sp³-hybridized carbons (Fsp3) is 0.321. The first-order valence-electron chi connectivity index (χ1n) is 12.7. The van der Waals surface area contributed by atoms with Crippen LogP contribution >= 0.6 is 11.3 Å². The van der Waals surface area contributed by atoms with Crippen LogP contribution in [0.15, 0.2) is 36.4 Å². The summed E-state index contributed by atoms with van der Waals surface area (Å²) in [5.74, 6) is 6.02. The largest absolute Gasteiger partial charge is 0.444 e. The Morgan fingerprint density at radius 3 is 2.68 bits per heavy atom. The SMILES string of the molecule is CCC1c2nc3ccc(C#Cc4nnc(NC(=O)OC(C)(C)C)s4)cc3n2-c2c(OC(F)F)cccc2C(=O)N1C. The fourth-order valence-electron chi connectivity index (χ4n) is 4.55. The molecular weight excluding hydrogens is 554 g/mol. The van der Waals surface area contributed by atoms with Gasteiger partial charge in [0.15, 0.2) is 10.8 Å². The molecule has 0 saturated carbocycles. The number of benzene rings is 2. The van der Waals surface area contributed by atoms with Gasteiger partial charge in [-0.3, -0.25) is 14.7 Å². The Morgan fingerprint density at radius 2 is 1.98 bits per heavy atom. The summed E-state index contributed by atoms with van der Waals surface area (Å²) in [6.45, 7) is 4.10. The molecule has 5 rings (SSSR count). The molecule has 1 aliphatic rings. The monoisotopic (exact) mass is 580 g/mol. The maximum absolute atomic E-state index is 13.4. The average Bonchev–Trinajstić information content (AvgIpc) is 3.47. The Hall–Kier alpha value is -4.57. The molecular formula is C28H26F2N6O4S. The van der Waals surface area contributed by atoms with Crippen molar-refractivity contribution in [1.82, 2.24) is 24.6 Å². The van der Waals surface area contributed by atoms with Crippen molar-refractivity contribution in [3.63, 3.8) is 0 Å². The Kier molecular flexibility index (Phi) is 7.35. The van der Waals surface area contributed by atoms with Gasteiger partial charge in [0, 0.05) is 12.6 Å². The highest BCUT2D eigenvalue weighted by molar-refractivity contribution is 7.15. The standard InChI is InChI=1S/C28H26F2N6O4S/c1-6-18-23-31-17-12-10-15(11-13-21-33-34-26(41-21)32-27(38)40-28(2,3)4)14-19(17)36(23)22-16(24(37)35(18)5)8-7-9-20(22)39-25(29)30/h7-10,12,14,18,25H,6H2,1-5H3,(H,32,34,38). The highest BCUT2D eigenvalue weighted by atomic mass is 32.1. The van der Waals surface area contributed by atoms with Gasteiger partial charge < -0.3 is 14.4 Å². The molecule has 13 heteroatoms. The number of hydrogen-bond acceptors (Lipinski definition) is 8. The zero-order valence-electron chi connectivity index (χ0n) is 22.9. The van der Waals surface area contributed by atoms with Crippen molar-refractivity contribution in [3.05, 3.63) is 58.4 Å². The van der Waals surface area contributed by atoms with Crippen LogP contribution in [0.4, 0.5) is 18.7 Å². The van der Waals surface area contributed by atoms with Crippen LogP contribution in [0.25, 0.3) is 16.7 Å². The molecule has 0 bridgehead atoms. The van der Waals surface area contributed by atoms with Crippen LogP contribution in [0.5, 0.6) is 5.75 Å². The van der Waals surface area contributed by atoms with Gasteiger partial charge in [0.1, 0.15) is 17.1 Å². The average molecular weight is 581 g/mol. The molecule has 3 heterocycles. The Bertz CT molecular complexity index is 1720. The van der Waals surface area contributed by atoms with Crippen LogP contribution in [0.2, 0.25) is 0 Å². The molecule has 0 spiro atoms. The van der Waals surface area contributed by atoms with Gasteiger partial charge >= 0.3 is 12.7 Å². The van der Waals surface area contributed by atoms with E-state index in [1.807, 2.05) is 6.92 Å². The van der Waals surface area contributed by atoms with Crippen molar-refractivity contribution in [2.24, 2.45) is 0 Å². The molecule has 2 aromatic heterocycles. The molecule has 0 aliphatic carbocycles. The van der Waals surface area contributed by atoms with E-state index in [0.29, 0.717) is 33.8 Å². The third-order valence-corrected chi connectivity index (χ3v) is 6.92. The number of amides is 2. The lowest BCUT2D eigenvalue weighted by atomic mass is 10.1. The lowest BCUT2D eigenvalue weighted by Crippen LogP contribution is -2.30. The lowest BCUT2D eigenvalue weighted by Gasteiger charge is -2.24. The Balaban J connectivity index is 1.56. The maximum atomic E-state index is 13.4. The number of nitrogens with one attached hydrogen (secondary N) is 1. The van der Waals surface area contributed by atoms with Crippen LogP contribution < -0.4 is 10.1 Å². The summed E-state index contributed by atoms with van der Waals surface area (Å²) >= 11 is 1.08. The minimum absolute atomic E-state index is 0.132. The van der Waals surface area contributed by atoms with E-state index < -0.39 is 24.3 Å². The quantitative estimate of drug-likeness (QED) is 0.306. The molecule has 41 heavy (non-hydrogen) atoms. The predicted octanol–water partition coefficient (Wildman–Crippen LogP) is 5.76. The van der Waals surface area contributed by atoms with E-state index in [2.05, 4.69) is 27.4 Å². The van der Waals surface area contributed by atoms with E-state index in [-0.39, 0.29) is 28.0 Å². The molecule has 1 aliphatic heterocycles. The van der Waals surface area contributed by atoms with Crippen molar-refractivity contribution in [3.8, 4) is 23.3 Å². The Labute approximate surface area is 238 Å². The van der Waals surface area contributed by atoms with Gasteiger partial charge in [0.25, 0.3) is 5.91 Å². The van der Waals surface area contributed by atoms with Gasteiger partial charge in [-0.25, -0.2) is 9.78 Å². The smallest absolute Gasteiger partial charge is 0.414 e. The van der Waals surface area contributed by atoms with Gasteiger partial charge in [-0.15, -0.1) is 10.2 Å². The highest BCUT2D eigenvalue weighted by Crippen LogP contribution is 2.40. The second-order valence-corrected chi connectivity index (χ2v) is 11.1. The predicted molar refractivity (Wildman–Crippen MR) is 149 cm³/mol. The number of para-hydroxylation sites is 1. The number of halogens is 2. The van der Waals surface area contributed by atoms with Crippen molar-refractivity contribution in [2.45, 2.75) is 52.4 Å². The van der Waals surface area contributed by atoms with E-state index in [1.54, 1.807) is 61.6 Å². The summed E-state index contributed by atoms with van der Waals surface area (Å²) in [6.07, 6.45) is -0.0986. The molecule has 0 saturated heterocycles. The highest BCUT2D eigenvalue weighted by Gasteiger charge is 2.35. The molecule has 212 valence electrons. The molecule has 4 aromatic rings. The van der Waals surface area contributed by atoms with Crippen LogP contribution in [0, 0.1) is 11.8 Å². The van der Waals surface area contributed by atoms with E-state index in [0.717, 1.165) is 11.3 Å². The van der Waals surface area contributed by atoms with Gasteiger partial charge in [-0.1, -0.05) is 30.2 Å². The van der Waals surface area contributed by atoms with Gasteiger partial charge in [-0.2, -0.15) is 8.78 Å². The molecule has 2 aromatic carbocycles. The van der Waals surface area contributed by atoms with Gasteiger partial charge in [0.05, 0.1) is 22.6 Å². The molecule has 10 nitrogen and oxygen atoms in total. The summed E-state index contributed by atoms with van der Waals surface area (Å²) in [5.41, 5.74) is 1.52. The summed E-state index contributed by atoms with van der Waals surface area (Å²) in [4.78, 5) is 31.7. The van der Waals surface area contributed by atoms with Crippen LogP contribution in [-0.4, -0.2) is 55.9 Å². The van der Waals surface area contributed by atoms with Crippen molar-refractivity contribution >= 4 is 39.5 Å². The second-order valence-electron chi connectivity index (χ2n) is 10.2. The number of fused-ring (bicyclic) bond motifs is 5. The molecule has 2 amide bonds. The number of carbonyl (C=O) groups is 2. The van der Waals surface area contributed by atoms with E-state index in [9.17, 15) is 18.4 Å². The van der Waals surface area contributed by atoms with Crippen LogP contribution in [0.3, 0.4) is 0 Å². The first-order valence-corrected chi connectivity index (χ1v) is 13.5. The van der Waals surface area contributed by atoms with Crippen LogP contribution in [0.1, 0.15) is 66.9 Å². The van der Waals surface area contributed by atoms with Crippen molar-refractivity contribution < 1.29 is 27.8 Å². The lowest BCUT2D eigenvalue weighted by molar-refractivity contribution is -0.0498. The van der Waals surface area contributed by atoms with E-state index in [4.69, 9.17) is 14.5 Å². The third kappa shape index (κ3) is 5.69. The molecule has 1 unspecified atom stereocenters. The van der Waals surface area contributed by atoms with Crippen molar-refractivity contribution in [2.75, 3.05) is 12.4 Å². The number of ether oxygens (including phenoxy) is 2. The zero-order valence-corrected chi connectivity index (χ0v) is 23.7. The number of alkyl halides is 2. The third-order valence-electron chi connectivity index (χ3n) is 6.17. The zero-order chi connectivity index (χ0) is 29.5. The number of aromatic nitrogens is 4. The summed E-state index contributed by atoms with van der Waals surface area (Å²) in [6, 6.07) is 9.42. The minimum Gasteiger partial charge on any atom is -0.444 e. The number of anilines is 1. The first kappa shape index (κ1) is 28.0. The Morgan fingerprint density at radius 1 is 1.20 bits per heavy atom. The van der Waals surface area contributed by atoms with E-state index in [1.165, 1.54) is 12.1 Å². The minimum atomic E-state index is -3.08. The molecule has 0 radical (unpaired) electrons. The number of carbonyl (C=O) groups excluding carboxylic acids is 2. The first-order chi connectivity index (χ1) is 19.4. The van der Waals surface area contributed by atoms with Gasteiger partial charge in [-0.05, 0) is 63.4 Å².